The zero-order valence-corrected chi connectivity index (χ0v) is 21.5. The minimum absolute atomic E-state index is 0.0141. The Morgan fingerprint density at radius 1 is 1.05 bits per heavy atom. The molecule has 0 saturated carbocycles. The number of furan rings is 1. The molecule has 7 nitrogen and oxygen atoms in total. The van der Waals surface area contributed by atoms with Gasteiger partial charge in [-0.2, -0.15) is 5.26 Å². The highest BCUT2D eigenvalue weighted by Gasteiger charge is 2.31. The van der Waals surface area contributed by atoms with Crippen LogP contribution in [-0.2, 0) is 0 Å². The van der Waals surface area contributed by atoms with Crippen molar-refractivity contribution in [1.82, 2.24) is 0 Å². The van der Waals surface area contributed by atoms with Gasteiger partial charge >= 0.3 is 5.97 Å². The summed E-state index contributed by atoms with van der Waals surface area (Å²) >= 11 is 0. The molecule has 0 fully saturated rings. The van der Waals surface area contributed by atoms with Gasteiger partial charge in [-0.15, -0.1) is 0 Å². The summed E-state index contributed by atoms with van der Waals surface area (Å²) in [5, 5.41) is 10.7. The van der Waals surface area contributed by atoms with Crippen molar-refractivity contribution in [1.29, 1.82) is 5.26 Å². The van der Waals surface area contributed by atoms with Gasteiger partial charge in [0.25, 0.3) is 0 Å². The smallest absolute Gasteiger partial charge is 0.379 e. The van der Waals surface area contributed by atoms with E-state index in [0.717, 1.165) is 40.7 Å². The van der Waals surface area contributed by atoms with Crippen molar-refractivity contribution in [3.8, 4) is 23.3 Å². The lowest BCUT2D eigenvalue weighted by molar-refractivity contribution is 0.0702. The molecule has 1 aliphatic rings. The molecule has 2 heterocycles. The van der Waals surface area contributed by atoms with Gasteiger partial charge in [-0.05, 0) is 55.7 Å². The summed E-state index contributed by atoms with van der Waals surface area (Å²) in [5.41, 5.74) is 10.5. The van der Waals surface area contributed by atoms with Crippen LogP contribution in [0, 0.1) is 25.2 Å². The number of unbranched alkanes of at least 4 members (excludes halogenated alkanes) is 1. The number of fused-ring (bicyclic) bond motifs is 2. The third-order valence-electron chi connectivity index (χ3n) is 6.66. The minimum Gasteiger partial charge on any atom is -0.494 e. The van der Waals surface area contributed by atoms with Gasteiger partial charge in [0.15, 0.2) is 0 Å². The number of nitrogens with two attached hydrogens (primary N) is 1. The highest BCUT2D eigenvalue weighted by molar-refractivity contribution is 5.97. The second kappa shape index (κ2) is 10.3. The Bertz CT molecular complexity index is 1590. The molecule has 1 aromatic heterocycles. The van der Waals surface area contributed by atoms with E-state index in [0.29, 0.717) is 29.1 Å². The first-order valence-corrected chi connectivity index (χ1v) is 12.6. The Balaban J connectivity index is 1.42. The Morgan fingerprint density at radius 3 is 2.55 bits per heavy atom. The molecule has 0 amide bonds. The summed E-state index contributed by atoms with van der Waals surface area (Å²) in [6.07, 6.45) is 2.04. The summed E-state index contributed by atoms with van der Waals surface area (Å²) in [6, 6.07) is 20.7. The van der Waals surface area contributed by atoms with Crippen LogP contribution in [-0.4, -0.2) is 12.6 Å². The Labute approximate surface area is 221 Å². The lowest BCUT2D eigenvalue weighted by Crippen LogP contribution is -2.21. The summed E-state index contributed by atoms with van der Waals surface area (Å²) < 4.78 is 23.0. The van der Waals surface area contributed by atoms with Crippen LogP contribution in [0.15, 0.2) is 76.5 Å². The fourth-order valence-electron chi connectivity index (χ4n) is 4.61. The van der Waals surface area contributed by atoms with Crippen LogP contribution >= 0.6 is 0 Å². The zero-order chi connectivity index (χ0) is 26.8. The maximum atomic E-state index is 13.0. The fraction of sp³-hybridized carbons (Fsp3) is 0.226. The fourth-order valence-corrected chi connectivity index (χ4v) is 4.61. The van der Waals surface area contributed by atoms with Gasteiger partial charge in [0.05, 0.1) is 12.5 Å². The standard InChI is InChI=1S/C31H28N2O5/c1-4-5-14-35-21-9-7-20(8-10-21)28-24-13-11-22(16-27(24)38-30(33)25(28)17-32)36-31(34)29-19(3)23-12-6-18(2)15-26(23)37-29/h6-13,15-16,28H,4-5,14,33H2,1-3H3. The van der Waals surface area contributed by atoms with Crippen molar-refractivity contribution in [2.75, 3.05) is 6.61 Å². The number of hydrogen-bond donors (Lipinski definition) is 1. The second-order valence-electron chi connectivity index (χ2n) is 9.34. The van der Waals surface area contributed by atoms with E-state index in [1.54, 1.807) is 18.2 Å². The van der Waals surface area contributed by atoms with E-state index >= 15 is 0 Å². The number of nitriles is 1. The molecule has 192 valence electrons. The van der Waals surface area contributed by atoms with Crippen LogP contribution in [0.2, 0.25) is 0 Å². The largest absolute Gasteiger partial charge is 0.494 e. The van der Waals surface area contributed by atoms with Crippen LogP contribution in [0.3, 0.4) is 0 Å². The van der Waals surface area contributed by atoms with Gasteiger partial charge in [0.1, 0.15) is 34.5 Å². The van der Waals surface area contributed by atoms with E-state index in [4.69, 9.17) is 24.4 Å². The number of nitrogens with zero attached hydrogens (tertiary/aromatic N) is 1. The van der Waals surface area contributed by atoms with Crippen LogP contribution < -0.4 is 19.9 Å². The molecule has 0 bridgehead atoms. The maximum absolute atomic E-state index is 13.0. The molecule has 1 atom stereocenters. The summed E-state index contributed by atoms with van der Waals surface area (Å²) in [6.45, 7) is 6.56. The van der Waals surface area contributed by atoms with Crippen molar-refractivity contribution in [3.63, 3.8) is 0 Å². The molecular formula is C31H28N2O5. The third-order valence-corrected chi connectivity index (χ3v) is 6.66. The quantitative estimate of drug-likeness (QED) is 0.169. The molecule has 0 aliphatic carbocycles. The summed E-state index contributed by atoms with van der Waals surface area (Å²) in [5.74, 6) is 0.578. The Kier molecular flexibility index (Phi) is 6.80. The molecule has 5 rings (SSSR count). The number of carbonyl (C=O) groups excluding carboxylic acids is 1. The summed E-state index contributed by atoms with van der Waals surface area (Å²) in [4.78, 5) is 13.0. The topological polar surface area (TPSA) is 108 Å². The first-order chi connectivity index (χ1) is 18.4. The van der Waals surface area contributed by atoms with Gasteiger partial charge in [-0.25, -0.2) is 4.79 Å². The number of benzene rings is 3. The SMILES string of the molecule is CCCCOc1ccc(C2C(C#N)=C(N)Oc3cc(OC(=O)c4oc5cc(C)ccc5c4C)ccc32)cc1. The minimum atomic E-state index is -0.608. The average Bonchev–Trinajstić information content (AvgIpc) is 3.23. The summed E-state index contributed by atoms with van der Waals surface area (Å²) in [7, 11) is 0. The highest BCUT2D eigenvalue weighted by Crippen LogP contribution is 2.43. The number of carbonyl (C=O) groups is 1. The van der Waals surface area contributed by atoms with Crippen LogP contribution in [0.1, 0.15) is 58.5 Å². The van der Waals surface area contributed by atoms with Gasteiger partial charge in [0.2, 0.25) is 11.6 Å². The van der Waals surface area contributed by atoms with Gasteiger partial charge in [-0.3, -0.25) is 0 Å². The number of hydrogen-bond acceptors (Lipinski definition) is 7. The van der Waals surface area contributed by atoms with Gasteiger partial charge in [-0.1, -0.05) is 43.7 Å². The van der Waals surface area contributed by atoms with E-state index in [1.165, 1.54) is 0 Å². The molecule has 0 radical (unpaired) electrons. The molecule has 3 aromatic carbocycles. The lowest BCUT2D eigenvalue weighted by Gasteiger charge is -2.26. The van der Waals surface area contributed by atoms with E-state index in [2.05, 4.69) is 13.0 Å². The molecule has 7 heteroatoms. The predicted octanol–water partition coefficient (Wildman–Crippen LogP) is 6.67. The lowest BCUT2D eigenvalue weighted by atomic mass is 9.83. The third kappa shape index (κ3) is 4.69. The molecule has 38 heavy (non-hydrogen) atoms. The number of rotatable bonds is 7. The molecule has 1 aliphatic heterocycles. The van der Waals surface area contributed by atoms with Crippen LogP contribution in [0.4, 0.5) is 0 Å². The van der Waals surface area contributed by atoms with Crippen molar-refractivity contribution in [3.05, 3.63) is 100 Å². The van der Waals surface area contributed by atoms with Crippen molar-refractivity contribution >= 4 is 16.9 Å². The first kappa shape index (κ1) is 25.0. The van der Waals surface area contributed by atoms with Crippen LogP contribution in [0.5, 0.6) is 17.2 Å². The molecular weight excluding hydrogens is 480 g/mol. The number of allylic oxidation sites excluding steroid dienone is 1. The van der Waals surface area contributed by atoms with E-state index in [1.807, 2.05) is 56.3 Å². The van der Waals surface area contributed by atoms with Gasteiger partial charge in [0, 0.05) is 22.6 Å². The van der Waals surface area contributed by atoms with Crippen molar-refractivity contribution in [2.24, 2.45) is 5.73 Å². The Hall–Kier alpha value is -4.70. The molecule has 0 saturated heterocycles. The molecule has 0 spiro atoms. The van der Waals surface area contributed by atoms with E-state index in [-0.39, 0.29) is 17.4 Å². The monoisotopic (exact) mass is 508 g/mol. The maximum Gasteiger partial charge on any atom is 0.379 e. The Morgan fingerprint density at radius 2 is 1.82 bits per heavy atom. The normalized spacial score (nSPS) is 14.5. The van der Waals surface area contributed by atoms with E-state index < -0.39 is 11.9 Å². The molecule has 2 N–H and O–H groups in total. The number of esters is 1. The predicted molar refractivity (Wildman–Crippen MR) is 143 cm³/mol. The highest BCUT2D eigenvalue weighted by atomic mass is 16.5. The zero-order valence-electron chi connectivity index (χ0n) is 21.5. The van der Waals surface area contributed by atoms with E-state index in [9.17, 15) is 10.1 Å². The first-order valence-electron chi connectivity index (χ1n) is 12.6. The molecule has 1 unspecified atom stereocenters. The number of ether oxygens (including phenoxy) is 3. The molecule has 4 aromatic rings. The van der Waals surface area contributed by atoms with Gasteiger partial charge < -0.3 is 24.4 Å². The number of aryl methyl sites for hydroxylation is 2. The second-order valence-corrected chi connectivity index (χ2v) is 9.34. The van der Waals surface area contributed by atoms with Crippen molar-refractivity contribution in [2.45, 2.75) is 39.5 Å². The van der Waals surface area contributed by atoms with Crippen LogP contribution in [0.25, 0.3) is 11.0 Å². The average molecular weight is 509 g/mol. The van der Waals surface area contributed by atoms with Crippen molar-refractivity contribution < 1.29 is 23.4 Å².